The van der Waals surface area contributed by atoms with Crippen molar-refractivity contribution in [2.75, 3.05) is 16.9 Å². The number of oxazole rings is 1. The summed E-state index contributed by atoms with van der Waals surface area (Å²) in [5, 5.41) is 6.50. The van der Waals surface area contributed by atoms with Gasteiger partial charge in [0.1, 0.15) is 11.4 Å². The van der Waals surface area contributed by atoms with Crippen LogP contribution in [0.4, 0.5) is 5.69 Å². The highest BCUT2D eigenvalue weighted by atomic mass is 35.5. The van der Waals surface area contributed by atoms with Crippen LogP contribution in [0, 0.1) is 0 Å². The normalized spacial score (nSPS) is 10.7. The van der Waals surface area contributed by atoms with E-state index in [9.17, 15) is 9.59 Å². The summed E-state index contributed by atoms with van der Waals surface area (Å²) >= 11 is 12.5. The molecule has 0 saturated carbocycles. The third-order valence-electron chi connectivity index (χ3n) is 3.50. The molecule has 9 heteroatoms. The lowest BCUT2D eigenvalue weighted by Crippen LogP contribution is -2.24. The lowest BCUT2D eigenvalue weighted by molar-refractivity contribution is -0.118. The fourth-order valence-corrected chi connectivity index (χ4v) is 3.08. The van der Waals surface area contributed by atoms with E-state index in [0.29, 0.717) is 33.6 Å². The van der Waals surface area contributed by atoms with Gasteiger partial charge in [0.25, 0.3) is 5.22 Å². The van der Waals surface area contributed by atoms with Gasteiger partial charge in [-0.25, -0.2) is 4.98 Å². The average molecular weight is 424 g/mol. The van der Waals surface area contributed by atoms with Gasteiger partial charge in [0.2, 0.25) is 11.8 Å². The zero-order valence-electron chi connectivity index (χ0n) is 14.0. The smallest absolute Gasteiger partial charge is 0.257 e. The molecule has 6 nitrogen and oxygen atoms in total. The molecular formula is C18H15Cl2N3O3S. The van der Waals surface area contributed by atoms with Crippen molar-refractivity contribution in [3.63, 3.8) is 0 Å². The van der Waals surface area contributed by atoms with Gasteiger partial charge in [-0.3, -0.25) is 9.59 Å². The summed E-state index contributed by atoms with van der Waals surface area (Å²) in [6.45, 7) is 0.424. The summed E-state index contributed by atoms with van der Waals surface area (Å²) in [6, 6.07) is 12.4. The van der Waals surface area contributed by atoms with Crippen molar-refractivity contribution in [2.45, 2.75) is 11.8 Å². The predicted molar refractivity (Wildman–Crippen MR) is 107 cm³/mol. The highest BCUT2D eigenvalue weighted by Gasteiger charge is 2.11. The molecule has 0 radical (unpaired) electrons. The first-order valence-electron chi connectivity index (χ1n) is 7.94. The Kier molecular flexibility index (Phi) is 6.60. The number of fused-ring (bicyclic) bond motifs is 1. The summed E-state index contributed by atoms with van der Waals surface area (Å²) < 4.78 is 5.62. The highest BCUT2D eigenvalue weighted by Crippen LogP contribution is 2.25. The predicted octanol–water partition coefficient (Wildman–Crippen LogP) is 4.07. The van der Waals surface area contributed by atoms with Crippen LogP contribution < -0.4 is 10.6 Å². The molecule has 140 valence electrons. The zero-order valence-corrected chi connectivity index (χ0v) is 16.3. The number of rotatable bonds is 7. The van der Waals surface area contributed by atoms with E-state index in [2.05, 4.69) is 15.6 Å². The summed E-state index contributed by atoms with van der Waals surface area (Å²) in [5.41, 5.74) is 2.70. The van der Waals surface area contributed by atoms with Crippen LogP contribution in [-0.2, 0) is 16.1 Å². The van der Waals surface area contributed by atoms with Crippen molar-refractivity contribution in [1.82, 2.24) is 10.3 Å². The summed E-state index contributed by atoms with van der Waals surface area (Å²) in [4.78, 5) is 27.6. The van der Waals surface area contributed by atoms with Crippen LogP contribution in [0.1, 0.15) is 5.56 Å². The highest BCUT2D eigenvalue weighted by molar-refractivity contribution is 7.99. The number of amides is 2. The number of carbonyl (C=O) groups excluding carboxylic acids is 2. The molecule has 27 heavy (non-hydrogen) atoms. The number of carbonyl (C=O) groups is 2. The molecule has 0 atom stereocenters. The molecule has 1 heterocycles. The van der Waals surface area contributed by atoms with Crippen LogP contribution >= 0.6 is 35.0 Å². The van der Waals surface area contributed by atoms with E-state index in [1.54, 1.807) is 30.3 Å². The van der Waals surface area contributed by atoms with E-state index in [1.807, 2.05) is 12.1 Å². The standard InChI is InChI=1S/C18H15Cl2N3O3S/c19-8-16(24)22-13-5-6-14-15(7-13)26-18(23-14)27-10-17(25)21-9-11-1-3-12(20)4-2-11/h1-7H,8-10H2,(H,21,25)(H,22,24). The number of hydrogen-bond acceptors (Lipinski definition) is 5. The van der Waals surface area contributed by atoms with E-state index in [4.69, 9.17) is 27.6 Å². The van der Waals surface area contributed by atoms with Crippen molar-refractivity contribution in [2.24, 2.45) is 0 Å². The fraction of sp³-hybridized carbons (Fsp3) is 0.167. The van der Waals surface area contributed by atoms with E-state index in [1.165, 1.54) is 11.8 Å². The van der Waals surface area contributed by atoms with Crippen molar-refractivity contribution in [3.05, 3.63) is 53.1 Å². The Bertz CT molecular complexity index is 960. The van der Waals surface area contributed by atoms with Gasteiger partial charge < -0.3 is 15.1 Å². The summed E-state index contributed by atoms with van der Waals surface area (Å²) in [5.74, 6) is -0.383. The maximum Gasteiger partial charge on any atom is 0.257 e. The van der Waals surface area contributed by atoms with Crippen molar-refractivity contribution in [1.29, 1.82) is 0 Å². The first-order valence-corrected chi connectivity index (χ1v) is 9.83. The topological polar surface area (TPSA) is 84.2 Å². The van der Waals surface area contributed by atoms with Crippen molar-refractivity contribution < 1.29 is 14.0 Å². The van der Waals surface area contributed by atoms with Gasteiger partial charge in [0.05, 0.1) is 5.75 Å². The number of nitrogens with one attached hydrogen (secondary N) is 2. The Morgan fingerprint density at radius 1 is 1.11 bits per heavy atom. The molecule has 2 N–H and O–H groups in total. The van der Waals surface area contributed by atoms with Crippen molar-refractivity contribution >= 4 is 63.6 Å². The molecule has 0 spiro atoms. The molecule has 0 aliphatic heterocycles. The number of nitrogens with zero attached hydrogens (tertiary/aromatic N) is 1. The molecule has 0 fully saturated rings. The molecule has 3 aromatic rings. The van der Waals surface area contributed by atoms with E-state index in [-0.39, 0.29) is 23.4 Å². The van der Waals surface area contributed by atoms with Gasteiger partial charge in [-0.05, 0) is 29.8 Å². The van der Waals surface area contributed by atoms with Gasteiger partial charge in [-0.2, -0.15) is 0 Å². The number of benzene rings is 2. The largest absolute Gasteiger partial charge is 0.431 e. The van der Waals surface area contributed by atoms with Gasteiger partial charge in [-0.15, -0.1) is 11.6 Å². The maximum absolute atomic E-state index is 12.0. The summed E-state index contributed by atoms with van der Waals surface area (Å²) in [7, 11) is 0. The monoisotopic (exact) mass is 423 g/mol. The SMILES string of the molecule is O=C(CSc1nc2ccc(NC(=O)CCl)cc2o1)NCc1ccc(Cl)cc1. The van der Waals surface area contributed by atoms with Crippen LogP contribution in [0.25, 0.3) is 11.1 Å². The lowest BCUT2D eigenvalue weighted by Gasteiger charge is -2.04. The average Bonchev–Trinajstić information content (AvgIpc) is 3.08. The molecule has 0 aliphatic carbocycles. The number of aromatic nitrogens is 1. The number of thioether (sulfide) groups is 1. The second kappa shape index (κ2) is 9.12. The first-order chi connectivity index (χ1) is 13.0. The Balaban J connectivity index is 1.54. The van der Waals surface area contributed by atoms with E-state index in [0.717, 1.165) is 5.56 Å². The van der Waals surface area contributed by atoms with Crippen molar-refractivity contribution in [3.8, 4) is 0 Å². The minimum Gasteiger partial charge on any atom is -0.431 e. The second-order valence-corrected chi connectivity index (χ2v) is 7.17. The Morgan fingerprint density at radius 3 is 2.63 bits per heavy atom. The zero-order chi connectivity index (χ0) is 19.2. The molecule has 0 bridgehead atoms. The first kappa shape index (κ1) is 19.5. The molecule has 0 saturated heterocycles. The van der Waals surface area contributed by atoms with Crippen LogP contribution in [0.3, 0.4) is 0 Å². The number of halogens is 2. The Hall–Kier alpha value is -2.22. The second-order valence-electron chi connectivity index (χ2n) is 5.54. The number of anilines is 1. The lowest BCUT2D eigenvalue weighted by atomic mass is 10.2. The van der Waals surface area contributed by atoms with Gasteiger partial charge in [0, 0.05) is 23.3 Å². The van der Waals surface area contributed by atoms with E-state index >= 15 is 0 Å². The van der Waals surface area contributed by atoms with Crippen LogP contribution in [0.2, 0.25) is 5.02 Å². The molecule has 3 rings (SSSR count). The molecular weight excluding hydrogens is 409 g/mol. The molecule has 0 aliphatic rings. The number of alkyl halides is 1. The van der Waals surface area contributed by atoms with Crippen LogP contribution in [0.15, 0.2) is 52.1 Å². The Morgan fingerprint density at radius 2 is 1.89 bits per heavy atom. The summed E-state index contributed by atoms with van der Waals surface area (Å²) in [6.07, 6.45) is 0. The number of hydrogen-bond donors (Lipinski definition) is 2. The van der Waals surface area contributed by atoms with Gasteiger partial charge in [-0.1, -0.05) is 35.5 Å². The van der Waals surface area contributed by atoms with Gasteiger partial charge >= 0.3 is 0 Å². The van der Waals surface area contributed by atoms with Crippen LogP contribution in [-0.4, -0.2) is 28.4 Å². The van der Waals surface area contributed by atoms with E-state index < -0.39 is 0 Å². The molecule has 0 unspecified atom stereocenters. The quantitative estimate of drug-likeness (QED) is 0.441. The van der Waals surface area contributed by atoms with Crippen LogP contribution in [0.5, 0.6) is 0 Å². The molecule has 2 amide bonds. The molecule has 2 aromatic carbocycles. The fourth-order valence-electron chi connectivity index (χ4n) is 2.22. The minimum absolute atomic E-state index is 0.124. The van der Waals surface area contributed by atoms with Gasteiger partial charge in [0.15, 0.2) is 5.58 Å². The third kappa shape index (κ3) is 5.63. The Labute approximate surface area is 169 Å². The minimum atomic E-state index is -0.303. The third-order valence-corrected chi connectivity index (χ3v) is 4.83. The molecule has 1 aromatic heterocycles. The maximum atomic E-state index is 12.0.